The third-order valence-corrected chi connectivity index (χ3v) is 12.3. The highest BCUT2D eigenvalue weighted by molar-refractivity contribution is 7.13. The van der Waals surface area contributed by atoms with Crippen LogP contribution in [0.3, 0.4) is 0 Å². The standard InChI is InChI=1S/C24H23N3O3S.C22H20ClF3N2O/c28-14-17-3-5-19(6-4-17)26-23(29)20-12-18(21-2-1-11-31-21)13-25-22(20)27-15-24(16-27)7-9-30-10-8-24;1-12(22(29)27-21-18(23)9-16(25)10-19(21)26)8-14-6-7-28(3)20-11-15(24)4-5-17(20)13(14)2/h1-6,11-14H,7-10,15-16H2,(H,26,29);4-5,8-11H,6-7H2,1-3H3,(H,27,29)/b;12-8+. The van der Waals surface area contributed by atoms with Crippen molar-refractivity contribution >= 4 is 69.5 Å². The van der Waals surface area contributed by atoms with Crippen LogP contribution in [0.5, 0.6) is 0 Å². The van der Waals surface area contributed by atoms with E-state index < -0.39 is 17.5 Å². The maximum absolute atomic E-state index is 13.9. The molecule has 1 spiro atoms. The van der Waals surface area contributed by atoms with Crippen LogP contribution in [0, 0.1) is 22.9 Å². The van der Waals surface area contributed by atoms with Crippen LogP contribution < -0.4 is 20.4 Å². The van der Waals surface area contributed by atoms with Crippen molar-refractivity contribution in [1.82, 2.24) is 4.98 Å². The summed E-state index contributed by atoms with van der Waals surface area (Å²) >= 11 is 7.47. The highest BCUT2D eigenvalue weighted by atomic mass is 35.5. The first-order valence-electron chi connectivity index (χ1n) is 19.4. The number of ether oxygens (including phenoxy) is 1. The molecule has 310 valence electrons. The molecule has 5 heterocycles. The van der Waals surface area contributed by atoms with Gasteiger partial charge < -0.3 is 25.2 Å². The Kier molecular flexibility index (Phi) is 12.9. The van der Waals surface area contributed by atoms with E-state index in [-0.39, 0.29) is 27.8 Å². The van der Waals surface area contributed by atoms with E-state index in [1.807, 2.05) is 48.6 Å². The molecule has 0 saturated carbocycles. The summed E-state index contributed by atoms with van der Waals surface area (Å²) in [5, 5.41) is 7.16. The minimum atomic E-state index is -0.946. The van der Waals surface area contributed by atoms with Crippen molar-refractivity contribution in [3.63, 3.8) is 0 Å². The molecular formula is C46H43ClF3N5O4S. The number of halogens is 4. The summed E-state index contributed by atoms with van der Waals surface area (Å²) in [6, 6.07) is 19.0. The fourth-order valence-corrected chi connectivity index (χ4v) is 8.57. The number of pyridine rings is 1. The third-order valence-electron chi connectivity index (χ3n) is 11.1. The quantitative estimate of drug-likeness (QED) is 0.118. The molecule has 3 aliphatic heterocycles. The Morgan fingerprint density at radius 2 is 1.72 bits per heavy atom. The minimum Gasteiger partial charge on any atom is -0.381 e. The molecule has 14 heteroatoms. The minimum absolute atomic E-state index is 0.201. The van der Waals surface area contributed by atoms with Gasteiger partial charge >= 0.3 is 0 Å². The summed E-state index contributed by atoms with van der Waals surface area (Å²) < 4.78 is 46.3. The average Bonchev–Trinajstić information content (AvgIpc) is 3.75. The summed E-state index contributed by atoms with van der Waals surface area (Å²) in [5.41, 5.74) is 6.59. The van der Waals surface area contributed by atoms with Gasteiger partial charge in [-0.3, -0.25) is 14.4 Å². The third kappa shape index (κ3) is 9.49. The summed E-state index contributed by atoms with van der Waals surface area (Å²) in [6.07, 6.45) is 7.13. The molecular weight excluding hydrogens is 811 g/mol. The number of hydrogen-bond acceptors (Lipinski definition) is 8. The number of carbonyl (C=O) groups excluding carboxylic acids is 3. The van der Waals surface area contributed by atoms with Crippen LogP contribution >= 0.6 is 22.9 Å². The summed E-state index contributed by atoms with van der Waals surface area (Å²) in [5.74, 6) is -2.10. The van der Waals surface area contributed by atoms with Crippen LogP contribution in [0.4, 0.5) is 36.1 Å². The zero-order valence-corrected chi connectivity index (χ0v) is 34.9. The first kappa shape index (κ1) is 42.4. The van der Waals surface area contributed by atoms with Crippen LogP contribution in [0.25, 0.3) is 16.0 Å². The molecule has 5 aromatic rings. The molecule has 3 aliphatic rings. The Morgan fingerprint density at radius 3 is 2.40 bits per heavy atom. The number of thiophene rings is 1. The number of aromatic nitrogens is 1. The van der Waals surface area contributed by atoms with E-state index in [2.05, 4.69) is 15.5 Å². The van der Waals surface area contributed by atoms with Crippen LogP contribution in [0.1, 0.15) is 59.4 Å². The van der Waals surface area contributed by atoms with E-state index in [4.69, 9.17) is 21.3 Å². The van der Waals surface area contributed by atoms with E-state index in [0.29, 0.717) is 41.4 Å². The number of anilines is 4. The average molecular weight is 854 g/mol. The van der Waals surface area contributed by atoms with Gasteiger partial charge in [-0.1, -0.05) is 23.7 Å². The Hall–Kier alpha value is -5.76. The summed E-state index contributed by atoms with van der Waals surface area (Å²) in [4.78, 5) is 46.7. The molecule has 2 aromatic heterocycles. The largest absolute Gasteiger partial charge is 0.381 e. The number of nitrogens with zero attached hydrogens (tertiary/aromatic N) is 3. The first-order chi connectivity index (χ1) is 28.8. The number of rotatable bonds is 8. The van der Waals surface area contributed by atoms with Crippen molar-refractivity contribution in [2.75, 3.05) is 60.3 Å². The fraction of sp³-hybridized carbons (Fsp3) is 0.261. The molecule has 2 N–H and O–H groups in total. The zero-order chi connectivity index (χ0) is 42.6. The maximum Gasteiger partial charge on any atom is 0.259 e. The van der Waals surface area contributed by atoms with E-state index in [1.165, 1.54) is 12.1 Å². The zero-order valence-electron chi connectivity index (χ0n) is 33.3. The molecule has 0 bridgehead atoms. The van der Waals surface area contributed by atoms with E-state index in [1.54, 1.807) is 54.7 Å². The fourth-order valence-electron chi connectivity index (χ4n) is 7.62. The molecule has 8 rings (SSSR count). The normalized spacial score (nSPS) is 15.9. The number of hydrogen-bond donors (Lipinski definition) is 2. The van der Waals surface area contributed by atoms with Gasteiger partial charge in [0, 0.05) is 96.1 Å². The number of aldehydes is 1. The molecule has 0 radical (unpaired) electrons. The highest BCUT2D eigenvalue weighted by Gasteiger charge is 2.45. The molecule has 0 aliphatic carbocycles. The van der Waals surface area contributed by atoms with Crippen molar-refractivity contribution in [2.24, 2.45) is 5.41 Å². The lowest BCUT2D eigenvalue weighted by molar-refractivity contribution is -0.112. The molecule has 2 fully saturated rings. The van der Waals surface area contributed by atoms with Crippen molar-refractivity contribution < 1.29 is 32.3 Å². The molecule has 0 unspecified atom stereocenters. The molecule has 2 amide bonds. The second-order valence-corrected chi connectivity index (χ2v) is 16.6. The Bertz CT molecular complexity index is 2460. The van der Waals surface area contributed by atoms with Gasteiger partial charge in [0.1, 0.15) is 23.7 Å². The Balaban J connectivity index is 0.000000182. The Labute approximate surface area is 355 Å². The number of amides is 2. The highest BCUT2D eigenvalue weighted by Crippen LogP contribution is 2.43. The predicted molar refractivity (Wildman–Crippen MR) is 233 cm³/mol. The molecule has 60 heavy (non-hydrogen) atoms. The number of fused-ring (bicyclic) bond motifs is 1. The van der Waals surface area contributed by atoms with Crippen LogP contribution in [0.2, 0.25) is 5.02 Å². The number of nitrogens with one attached hydrogen (secondary N) is 2. The monoisotopic (exact) mass is 853 g/mol. The number of carbonyl (C=O) groups is 3. The lowest BCUT2D eigenvalue weighted by Gasteiger charge is -2.53. The van der Waals surface area contributed by atoms with Gasteiger partial charge in [-0.2, -0.15) is 0 Å². The molecule has 0 atom stereocenters. The van der Waals surface area contributed by atoms with Gasteiger partial charge in [0.05, 0.1) is 16.3 Å². The number of allylic oxidation sites excluding steroid dienone is 2. The van der Waals surface area contributed by atoms with E-state index in [0.717, 1.165) is 90.2 Å². The van der Waals surface area contributed by atoms with Gasteiger partial charge in [-0.25, -0.2) is 18.2 Å². The van der Waals surface area contributed by atoms with Crippen LogP contribution in [0.15, 0.2) is 102 Å². The first-order valence-corrected chi connectivity index (χ1v) is 20.7. The van der Waals surface area contributed by atoms with Gasteiger partial charge in [0.15, 0.2) is 5.82 Å². The van der Waals surface area contributed by atoms with Crippen molar-refractivity contribution in [2.45, 2.75) is 33.1 Å². The predicted octanol–water partition coefficient (Wildman–Crippen LogP) is 10.4. The lowest BCUT2D eigenvalue weighted by Crippen LogP contribution is -2.59. The van der Waals surface area contributed by atoms with Gasteiger partial charge in [-0.05, 0) is 110 Å². The van der Waals surface area contributed by atoms with E-state index in [9.17, 15) is 27.6 Å². The SMILES string of the molecule is CC1=C(/C=C(\C)C(=O)Nc2c(F)cc(F)cc2Cl)CCN(C)c2cc(F)ccc21.O=Cc1ccc(NC(=O)c2cc(-c3cccs3)cnc2N2CC3(CCOCC3)C2)cc1. The van der Waals surface area contributed by atoms with Gasteiger partial charge in [-0.15, -0.1) is 11.3 Å². The lowest BCUT2D eigenvalue weighted by atomic mass is 9.73. The maximum atomic E-state index is 13.9. The molecule has 3 aromatic carbocycles. The van der Waals surface area contributed by atoms with Gasteiger partial charge in [0.25, 0.3) is 11.8 Å². The summed E-state index contributed by atoms with van der Waals surface area (Å²) in [6.45, 7) is 7.58. The van der Waals surface area contributed by atoms with Gasteiger partial charge in [0.2, 0.25) is 0 Å². The van der Waals surface area contributed by atoms with E-state index >= 15 is 0 Å². The van der Waals surface area contributed by atoms with Crippen molar-refractivity contribution in [1.29, 1.82) is 0 Å². The molecule has 2 saturated heterocycles. The Morgan fingerprint density at radius 1 is 0.967 bits per heavy atom. The van der Waals surface area contributed by atoms with Crippen molar-refractivity contribution in [3.05, 3.63) is 141 Å². The van der Waals surface area contributed by atoms with Crippen LogP contribution in [-0.2, 0) is 9.53 Å². The summed E-state index contributed by atoms with van der Waals surface area (Å²) in [7, 11) is 1.89. The topological polar surface area (TPSA) is 104 Å². The molecule has 9 nitrogen and oxygen atoms in total. The number of benzene rings is 3. The van der Waals surface area contributed by atoms with Crippen molar-refractivity contribution in [3.8, 4) is 10.4 Å². The second-order valence-electron chi connectivity index (χ2n) is 15.2. The smallest absolute Gasteiger partial charge is 0.259 e. The van der Waals surface area contributed by atoms with Crippen LogP contribution in [-0.4, -0.2) is 63.0 Å². The second kappa shape index (κ2) is 18.2.